The Labute approximate surface area is 162 Å². The first kappa shape index (κ1) is 21.6. The predicted octanol–water partition coefficient (Wildman–Crippen LogP) is 2.76. The van der Waals surface area contributed by atoms with E-state index in [9.17, 15) is 23.2 Å². The summed E-state index contributed by atoms with van der Waals surface area (Å²) in [4.78, 5) is 39.1. The lowest BCUT2D eigenvalue weighted by Crippen LogP contribution is -2.49. The Kier molecular flexibility index (Phi) is 7.71. The van der Waals surface area contributed by atoms with Crippen molar-refractivity contribution in [1.29, 1.82) is 0 Å². The van der Waals surface area contributed by atoms with E-state index in [1.807, 2.05) is 0 Å². The van der Waals surface area contributed by atoms with E-state index < -0.39 is 17.5 Å². The largest absolute Gasteiger partial charge is 0.450 e. The van der Waals surface area contributed by atoms with Gasteiger partial charge in [-0.3, -0.25) is 9.59 Å². The number of nitrogens with one attached hydrogen (secondary N) is 1. The number of benzene rings is 1. The van der Waals surface area contributed by atoms with Crippen molar-refractivity contribution in [3.8, 4) is 0 Å². The highest BCUT2D eigenvalue weighted by molar-refractivity contribution is 5.91. The van der Waals surface area contributed by atoms with Crippen LogP contribution < -0.4 is 5.32 Å². The topological polar surface area (TPSA) is 79.0 Å². The van der Waals surface area contributed by atoms with Gasteiger partial charge in [0.1, 0.15) is 11.6 Å². The zero-order valence-corrected chi connectivity index (χ0v) is 16.0. The second-order valence-corrected chi connectivity index (χ2v) is 6.55. The number of hydrogen-bond acceptors (Lipinski definition) is 4. The molecule has 0 radical (unpaired) electrons. The average molecular weight is 397 g/mol. The first-order valence-electron chi connectivity index (χ1n) is 9.25. The molecule has 154 valence electrons. The third-order valence-electron chi connectivity index (χ3n) is 4.62. The molecule has 7 nitrogen and oxygen atoms in total. The van der Waals surface area contributed by atoms with Crippen LogP contribution in [0, 0.1) is 11.6 Å². The van der Waals surface area contributed by atoms with E-state index in [4.69, 9.17) is 4.74 Å². The molecule has 0 atom stereocenters. The summed E-state index contributed by atoms with van der Waals surface area (Å²) in [5.41, 5.74) is -0.108. The van der Waals surface area contributed by atoms with Crippen LogP contribution in [0.5, 0.6) is 0 Å². The lowest BCUT2D eigenvalue weighted by Gasteiger charge is -2.37. The maximum atomic E-state index is 13.6. The van der Waals surface area contributed by atoms with Crippen molar-refractivity contribution in [2.45, 2.75) is 39.2 Å². The molecular formula is C19H25F2N3O4. The van der Waals surface area contributed by atoms with E-state index in [2.05, 4.69) is 5.32 Å². The Bertz CT molecular complexity index is 721. The van der Waals surface area contributed by atoms with E-state index in [1.54, 1.807) is 16.7 Å². The van der Waals surface area contributed by atoms with Gasteiger partial charge in [0.2, 0.25) is 11.8 Å². The molecule has 0 unspecified atom stereocenters. The van der Waals surface area contributed by atoms with Crippen LogP contribution in [0.15, 0.2) is 18.2 Å². The van der Waals surface area contributed by atoms with Crippen molar-refractivity contribution in [2.24, 2.45) is 0 Å². The van der Waals surface area contributed by atoms with Gasteiger partial charge >= 0.3 is 6.09 Å². The molecule has 0 bridgehead atoms. The van der Waals surface area contributed by atoms with Gasteiger partial charge in [-0.15, -0.1) is 0 Å². The molecule has 28 heavy (non-hydrogen) atoms. The minimum Gasteiger partial charge on any atom is -0.450 e. The Morgan fingerprint density at radius 1 is 1.25 bits per heavy atom. The molecule has 1 aliphatic rings. The number of anilines is 1. The van der Waals surface area contributed by atoms with E-state index >= 15 is 0 Å². The zero-order chi connectivity index (χ0) is 20.7. The molecule has 0 aliphatic carbocycles. The molecule has 1 aliphatic heterocycles. The van der Waals surface area contributed by atoms with Crippen molar-refractivity contribution in [2.75, 3.05) is 31.6 Å². The summed E-state index contributed by atoms with van der Waals surface area (Å²) in [5, 5.41) is 2.38. The number of nitrogens with zero attached hydrogens (tertiary/aromatic N) is 2. The van der Waals surface area contributed by atoms with E-state index in [0.717, 1.165) is 12.1 Å². The first-order chi connectivity index (χ1) is 13.3. The fourth-order valence-electron chi connectivity index (χ4n) is 3.20. The van der Waals surface area contributed by atoms with Gasteiger partial charge in [0.25, 0.3) is 0 Å². The monoisotopic (exact) mass is 397 g/mol. The summed E-state index contributed by atoms with van der Waals surface area (Å²) in [6, 6.07) is 2.81. The Balaban J connectivity index is 1.87. The summed E-state index contributed by atoms with van der Waals surface area (Å²) in [5.74, 6) is -2.23. The second kappa shape index (κ2) is 10.0. The standard InChI is InChI=1S/C19H25F2N3O4/c1-3-28-19(27)23-9-6-15(7-10-23)24(13(2)25)11-8-18(26)22-17-5-4-14(20)12-16(17)21/h4-5,12,15H,3,6-11H2,1-2H3,(H,22,26). The summed E-state index contributed by atoms with van der Waals surface area (Å²) < 4.78 is 31.5. The maximum Gasteiger partial charge on any atom is 0.409 e. The van der Waals surface area contributed by atoms with Gasteiger partial charge in [-0.05, 0) is 31.9 Å². The first-order valence-corrected chi connectivity index (χ1v) is 9.25. The molecule has 0 spiro atoms. The van der Waals surface area contributed by atoms with Crippen LogP contribution in [-0.2, 0) is 14.3 Å². The van der Waals surface area contributed by atoms with E-state index in [-0.39, 0.29) is 36.7 Å². The van der Waals surface area contributed by atoms with E-state index in [0.29, 0.717) is 38.6 Å². The second-order valence-electron chi connectivity index (χ2n) is 6.55. The lowest BCUT2D eigenvalue weighted by atomic mass is 10.0. The third kappa shape index (κ3) is 5.90. The van der Waals surface area contributed by atoms with Crippen LogP contribution in [0.25, 0.3) is 0 Å². The molecule has 0 saturated carbocycles. The quantitative estimate of drug-likeness (QED) is 0.801. The van der Waals surface area contributed by atoms with E-state index in [1.165, 1.54) is 6.92 Å². The highest BCUT2D eigenvalue weighted by atomic mass is 19.1. The van der Waals surface area contributed by atoms with Gasteiger partial charge in [0.15, 0.2) is 0 Å². The number of amides is 3. The van der Waals surface area contributed by atoms with Gasteiger partial charge in [-0.25, -0.2) is 13.6 Å². The van der Waals surface area contributed by atoms with Crippen molar-refractivity contribution in [3.05, 3.63) is 29.8 Å². The molecule has 1 heterocycles. The zero-order valence-electron chi connectivity index (χ0n) is 16.0. The van der Waals surface area contributed by atoms with Crippen LogP contribution in [-0.4, -0.2) is 60.0 Å². The fourth-order valence-corrected chi connectivity index (χ4v) is 3.20. The van der Waals surface area contributed by atoms with Gasteiger partial charge in [-0.1, -0.05) is 0 Å². The van der Waals surface area contributed by atoms with Crippen molar-refractivity contribution in [3.63, 3.8) is 0 Å². The minimum atomic E-state index is -0.858. The minimum absolute atomic E-state index is 0.0194. The summed E-state index contributed by atoms with van der Waals surface area (Å²) in [6.45, 7) is 4.59. The van der Waals surface area contributed by atoms with Crippen molar-refractivity contribution >= 4 is 23.6 Å². The highest BCUT2D eigenvalue weighted by Gasteiger charge is 2.29. The third-order valence-corrected chi connectivity index (χ3v) is 4.62. The summed E-state index contributed by atoms with van der Waals surface area (Å²) in [7, 11) is 0. The number of hydrogen-bond donors (Lipinski definition) is 1. The SMILES string of the molecule is CCOC(=O)N1CCC(N(CCC(=O)Nc2ccc(F)cc2F)C(C)=O)CC1. The molecule has 1 aromatic rings. The Morgan fingerprint density at radius 2 is 1.93 bits per heavy atom. The van der Waals surface area contributed by atoms with Gasteiger partial charge in [0.05, 0.1) is 12.3 Å². The smallest absolute Gasteiger partial charge is 0.409 e. The van der Waals surface area contributed by atoms with Crippen molar-refractivity contribution in [1.82, 2.24) is 9.80 Å². The molecule has 1 fully saturated rings. The molecular weight excluding hydrogens is 372 g/mol. The molecule has 3 amide bonds. The normalized spacial score (nSPS) is 14.5. The Morgan fingerprint density at radius 3 is 2.50 bits per heavy atom. The number of rotatable bonds is 6. The van der Waals surface area contributed by atoms with Gasteiger partial charge in [0, 0.05) is 45.1 Å². The fraction of sp³-hybridized carbons (Fsp3) is 0.526. The number of ether oxygens (including phenoxy) is 1. The molecule has 9 heteroatoms. The molecule has 2 rings (SSSR count). The Hall–Kier alpha value is -2.71. The van der Waals surface area contributed by atoms with Gasteiger partial charge in [-0.2, -0.15) is 0 Å². The van der Waals surface area contributed by atoms with Crippen LogP contribution in [0.4, 0.5) is 19.3 Å². The average Bonchev–Trinajstić information content (AvgIpc) is 2.64. The van der Waals surface area contributed by atoms with Crippen LogP contribution in [0.3, 0.4) is 0 Å². The summed E-state index contributed by atoms with van der Waals surface area (Å²) in [6.07, 6.45) is 0.796. The van der Waals surface area contributed by atoms with Gasteiger partial charge < -0.3 is 19.9 Å². The highest BCUT2D eigenvalue weighted by Crippen LogP contribution is 2.19. The number of likely N-dealkylation sites (tertiary alicyclic amines) is 1. The number of carbonyl (C=O) groups is 3. The lowest BCUT2D eigenvalue weighted by molar-refractivity contribution is -0.132. The maximum absolute atomic E-state index is 13.6. The summed E-state index contributed by atoms with van der Waals surface area (Å²) >= 11 is 0. The predicted molar refractivity (Wildman–Crippen MR) is 98.6 cm³/mol. The van der Waals surface area contributed by atoms with Crippen LogP contribution in [0.2, 0.25) is 0 Å². The number of carbonyl (C=O) groups excluding carboxylic acids is 3. The molecule has 1 N–H and O–H groups in total. The molecule has 1 aromatic carbocycles. The number of piperidine rings is 1. The molecule has 1 saturated heterocycles. The van der Waals surface area contributed by atoms with Crippen LogP contribution >= 0.6 is 0 Å². The van der Waals surface area contributed by atoms with Crippen LogP contribution in [0.1, 0.15) is 33.1 Å². The number of halogens is 2. The molecule has 0 aromatic heterocycles. The van der Waals surface area contributed by atoms with Crippen molar-refractivity contribution < 1.29 is 27.9 Å².